The molecule has 1 fully saturated rings. The van der Waals surface area contributed by atoms with E-state index < -0.39 is 11.6 Å². The third kappa shape index (κ3) is 3.25. The van der Waals surface area contributed by atoms with Crippen LogP contribution in [0.15, 0.2) is 83.7 Å². The number of H-pyrrole nitrogens is 1. The van der Waals surface area contributed by atoms with Crippen LogP contribution in [0.4, 0.5) is 4.79 Å². The maximum Gasteiger partial charge on any atom is 0.405 e. The molecule has 3 heterocycles. The lowest BCUT2D eigenvalue weighted by Crippen LogP contribution is -2.50. The van der Waals surface area contributed by atoms with E-state index in [1.807, 2.05) is 54.7 Å². The van der Waals surface area contributed by atoms with Crippen molar-refractivity contribution in [3.05, 3.63) is 84.8 Å². The molecule has 3 aromatic heterocycles. The van der Waals surface area contributed by atoms with E-state index in [1.165, 1.54) is 0 Å². The van der Waals surface area contributed by atoms with Gasteiger partial charge in [-0.15, -0.1) is 0 Å². The Morgan fingerprint density at radius 3 is 2.44 bits per heavy atom. The second-order valence-corrected chi connectivity index (χ2v) is 8.64. The number of rotatable bonds is 5. The number of nitrogens with one attached hydrogen (secondary N) is 2. The minimum Gasteiger partial charge on any atom is -0.465 e. The fourth-order valence-corrected chi connectivity index (χ4v) is 4.89. The van der Waals surface area contributed by atoms with Gasteiger partial charge in [0.2, 0.25) is 0 Å². The number of hydrogen-bond acceptors (Lipinski definition) is 4. The summed E-state index contributed by atoms with van der Waals surface area (Å²) >= 11 is 0. The Bertz CT molecular complexity index is 1470. The van der Waals surface area contributed by atoms with Crippen LogP contribution in [0.5, 0.6) is 0 Å². The van der Waals surface area contributed by atoms with E-state index in [-0.39, 0.29) is 0 Å². The van der Waals surface area contributed by atoms with Crippen molar-refractivity contribution >= 4 is 17.1 Å². The second-order valence-electron chi connectivity index (χ2n) is 8.64. The third-order valence-electron chi connectivity index (χ3n) is 6.69. The SMILES string of the molecule is O=C(O)NC1(c2ccc(-c3oc4ccnc(-c5cn[nH]c5)c4c3-c3ccccc3)cc2)CCC1. The number of hydrogen-bond donors (Lipinski definition) is 3. The van der Waals surface area contributed by atoms with Crippen LogP contribution >= 0.6 is 0 Å². The Balaban J connectivity index is 1.53. The topological polar surface area (TPSA) is 104 Å². The summed E-state index contributed by atoms with van der Waals surface area (Å²) in [6.45, 7) is 0. The molecule has 7 heteroatoms. The molecule has 0 bridgehead atoms. The zero-order chi connectivity index (χ0) is 23.1. The summed E-state index contributed by atoms with van der Waals surface area (Å²) in [5.74, 6) is 0.749. The summed E-state index contributed by atoms with van der Waals surface area (Å²) in [6.07, 6.45) is 6.95. The highest BCUT2D eigenvalue weighted by atomic mass is 16.4. The molecule has 0 aliphatic heterocycles. The molecule has 0 radical (unpaired) electrons. The van der Waals surface area contributed by atoms with Crippen LogP contribution < -0.4 is 5.32 Å². The maximum atomic E-state index is 11.4. The van der Waals surface area contributed by atoms with Gasteiger partial charge in [-0.25, -0.2) is 4.79 Å². The summed E-state index contributed by atoms with van der Waals surface area (Å²) in [5, 5.41) is 19.9. The number of carbonyl (C=O) groups is 1. The van der Waals surface area contributed by atoms with E-state index in [1.54, 1.807) is 12.4 Å². The van der Waals surface area contributed by atoms with E-state index in [2.05, 4.69) is 32.6 Å². The molecule has 1 aliphatic carbocycles. The highest BCUT2D eigenvalue weighted by molar-refractivity contribution is 6.08. The fourth-order valence-electron chi connectivity index (χ4n) is 4.89. The molecule has 7 nitrogen and oxygen atoms in total. The van der Waals surface area contributed by atoms with Crippen molar-refractivity contribution in [2.75, 3.05) is 0 Å². The molecule has 1 amide bonds. The van der Waals surface area contributed by atoms with Crippen LogP contribution in [-0.2, 0) is 5.54 Å². The van der Waals surface area contributed by atoms with Crippen molar-refractivity contribution < 1.29 is 14.3 Å². The number of fused-ring (bicyclic) bond motifs is 1. The van der Waals surface area contributed by atoms with Crippen molar-refractivity contribution in [1.29, 1.82) is 0 Å². The van der Waals surface area contributed by atoms with Gasteiger partial charge in [0.25, 0.3) is 0 Å². The van der Waals surface area contributed by atoms with E-state index in [0.717, 1.165) is 69.5 Å². The first kappa shape index (κ1) is 20.2. The predicted molar refractivity (Wildman–Crippen MR) is 129 cm³/mol. The van der Waals surface area contributed by atoms with Crippen molar-refractivity contribution in [2.45, 2.75) is 24.8 Å². The summed E-state index contributed by atoms with van der Waals surface area (Å²) in [4.78, 5) is 16.0. The Labute approximate surface area is 195 Å². The highest BCUT2D eigenvalue weighted by Gasteiger charge is 2.40. The van der Waals surface area contributed by atoms with Gasteiger partial charge in [-0.1, -0.05) is 54.6 Å². The molecular weight excluding hydrogens is 428 g/mol. The molecule has 0 saturated heterocycles. The van der Waals surface area contributed by atoms with Crippen LogP contribution in [-0.4, -0.2) is 26.4 Å². The molecular formula is C27H22N4O3. The molecule has 2 aromatic carbocycles. The largest absolute Gasteiger partial charge is 0.465 e. The summed E-state index contributed by atoms with van der Waals surface area (Å²) in [6, 6.07) is 20.0. The van der Waals surface area contributed by atoms with Gasteiger partial charge in [0.1, 0.15) is 11.3 Å². The Morgan fingerprint density at radius 2 is 1.79 bits per heavy atom. The Morgan fingerprint density at radius 1 is 1.00 bits per heavy atom. The molecule has 0 atom stereocenters. The lowest BCUT2D eigenvalue weighted by molar-refractivity contribution is 0.144. The van der Waals surface area contributed by atoms with Gasteiger partial charge in [-0.2, -0.15) is 5.10 Å². The standard InChI is InChI=1S/C27H22N4O3/c32-26(33)31-27(12-4-13-27)20-9-7-18(8-10-20)25-22(17-5-2-1-3-6-17)23-21(34-25)11-14-28-24(23)19-15-29-30-16-19/h1-3,5-11,14-16,31H,4,12-13H2,(H,29,30)(H,32,33). The maximum absolute atomic E-state index is 11.4. The van der Waals surface area contributed by atoms with Gasteiger partial charge in [0.15, 0.2) is 0 Å². The zero-order valence-corrected chi connectivity index (χ0v) is 18.3. The Kier molecular flexibility index (Phi) is 4.69. The molecule has 5 aromatic rings. The number of amides is 1. The highest BCUT2D eigenvalue weighted by Crippen LogP contribution is 2.45. The first-order valence-electron chi connectivity index (χ1n) is 11.2. The quantitative estimate of drug-likeness (QED) is 0.296. The van der Waals surface area contributed by atoms with E-state index in [9.17, 15) is 9.90 Å². The van der Waals surface area contributed by atoms with Gasteiger partial charge in [0.05, 0.1) is 22.8 Å². The summed E-state index contributed by atoms with van der Waals surface area (Å²) in [5.41, 5.74) is 5.82. The Hall–Kier alpha value is -4.39. The van der Waals surface area contributed by atoms with E-state index in [4.69, 9.17) is 4.42 Å². The first-order valence-corrected chi connectivity index (χ1v) is 11.2. The van der Waals surface area contributed by atoms with Gasteiger partial charge in [-0.05, 0) is 36.5 Å². The predicted octanol–water partition coefficient (Wildman–Crippen LogP) is 6.20. The monoisotopic (exact) mass is 450 g/mol. The lowest BCUT2D eigenvalue weighted by Gasteiger charge is -2.42. The fraction of sp³-hybridized carbons (Fsp3) is 0.148. The van der Waals surface area contributed by atoms with E-state index >= 15 is 0 Å². The normalized spacial score (nSPS) is 14.6. The number of benzene rings is 2. The van der Waals surface area contributed by atoms with Gasteiger partial charge in [0, 0.05) is 29.1 Å². The van der Waals surface area contributed by atoms with E-state index in [0.29, 0.717) is 0 Å². The van der Waals surface area contributed by atoms with Crippen molar-refractivity contribution in [3.8, 4) is 33.7 Å². The minimum atomic E-state index is -0.994. The van der Waals surface area contributed by atoms with Crippen LogP contribution in [0.3, 0.4) is 0 Å². The van der Waals surface area contributed by atoms with Crippen LogP contribution in [0.2, 0.25) is 0 Å². The molecule has 0 spiro atoms. The van der Waals surface area contributed by atoms with Crippen LogP contribution in [0.25, 0.3) is 44.7 Å². The van der Waals surface area contributed by atoms with Crippen molar-refractivity contribution in [3.63, 3.8) is 0 Å². The van der Waals surface area contributed by atoms with Crippen LogP contribution in [0, 0.1) is 0 Å². The molecule has 6 rings (SSSR count). The first-order chi connectivity index (χ1) is 16.6. The number of carboxylic acid groups (broad SMARTS) is 1. The number of pyridine rings is 1. The molecule has 34 heavy (non-hydrogen) atoms. The second kappa shape index (κ2) is 7.88. The molecule has 1 saturated carbocycles. The molecule has 168 valence electrons. The number of aromatic amines is 1. The molecule has 3 N–H and O–H groups in total. The van der Waals surface area contributed by atoms with Crippen LogP contribution in [0.1, 0.15) is 24.8 Å². The van der Waals surface area contributed by atoms with Gasteiger partial charge in [-0.3, -0.25) is 10.1 Å². The van der Waals surface area contributed by atoms with Gasteiger partial charge >= 0.3 is 6.09 Å². The van der Waals surface area contributed by atoms with Crippen molar-refractivity contribution in [1.82, 2.24) is 20.5 Å². The lowest BCUT2D eigenvalue weighted by atomic mass is 9.71. The van der Waals surface area contributed by atoms with Gasteiger partial charge < -0.3 is 14.8 Å². The summed E-state index contributed by atoms with van der Waals surface area (Å²) in [7, 11) is 0. The third-order valence-corrected chi connectivity index (χ3v) is 6.69. The average molecular weight is 450 g/mol. The van der Waals surface area contributed by atoms with Crippen molar-refractivity contribution in [2.24, 2.45) is 0 Å². The number of furan rings is 1. The average Bonchev–Trinajstić information content (AvgIpc) is 3.50. The smallest absolute Gasteiger partial charge is 0.405 e. The number of aromatic nitrogens is 3. The summed E-state index contributed by atoms with van der Waals surface area (Å²) < 4.78 is 6.43. The number of nitrogens with zero attached hydrogens (tertiary/aromatic N) is 2. The zero-order valence-electron chi connectivity index (χ0n) is 18.3. The minimum absolute atomic E-state index is 0.501. The molecule has 1 aliphatic rings. The molecule has 0 unspecified atom stereocenters.